The number of hydrogen-bond donors (Lipinski definition) is 0. The number of thiophene rings is 1. The summed E-state index contributed by atoms with van der Waals surface area (Å²) in [7, 11) is 0. The van der Waals surface area contributed by atoms with Gasteiger partial charge in [-0.3, -0.25) is 9.20 Å². The summed E-state index contributed by atoms with van der Waals surface area (Å²) in [4.78, 5) is 22.4. The van der Waals surface area contributed by atoms with E-state index in [4.69, 9.17) is 4.98 Å². The van der Waals surface area contributed by atoms with E-state index in [0.717, 1.165) is 53.8 Å². The Morgan fingerprint density at radius 2 is 2.07 bits per heavy atom. The van der Waals surface area contributed by atoms with E-state index < -0.39 is 0 Å². The minimum Gasteiger partial charge on any atom is -0.342 e. The summed E-state index contributed by atoms with van der Waals surface area (Å²) in [5, 5.41) is 11.1. The van der Waals surface area contributed by atoms with E-state index >= 15 is 0 Å². The summed E-state index contributed by atoms with van der Waals surface area (Å²) in [5.74, 6) is 2.45. The molecule has 1 aliphatic heterocycles. The van der Waals surface area contributed by atoms with Gasteiger partial charge in [0.25, 0.3) is 0 Å². The van der Waals surface area contributed by atoms with Crippen LogP contribution in [0.2, 0.25) is 0 Å². The Bertz CT molecular complexity index is 1100. The van der Waals surface area contributed by atoms with Crippen LogP contribution in [0.25, 0.3) is 15.9 Å². The van der Waals surface area contributed by atoms with Gasteiger partial charge >= 0.3 is 0 Å². The Kier molecular flexibility index (Phi) is 5.47. The van der Waals surface area contributed by atoms with Crippen molar-refractivity contribution in [2.75, 3.05) is 18.8 Å². The third-order valence-corrected chi connectivity index (χ3v) is 8.41. The quantitative estimate of drug-likeness (QED) is 0.547. The monoisotopic (exact) mass is 443 g/mol. The van der Waals surface area contributed by atoms with E-state index in [2.05, 4.69) is 35.4 Å². The van der Waals surface area contributed by atoms with Gasteiger partial charge in [-0.25, -0.2) is 4.98 Å². The lowest BCUT2D eigenvalue weighted by Gasteiger charge is -2.30. The number of likely N-dealkylation sites (tertiary alicyclic amines) is 1. The van der Waals surface area contributed by atoms with Crippen LogP contribution in [0.15, 0.2) is 5.16 Å². The van der Waals surface area contributed by atoms with Gasteiger partial charge in [0.15, 0.2) is 10.8 Å². The number of rotatable bonds is 4. The van der Waals surface area contributed by atoms with Crippen molar-refractivity contribution in [3.63, 3.8) is 0 Å². The zero-order valence-electron chi connectivity index (χ0n) is 18.0. The topological polar surface area (TPSA) is 63.4 Å². The summed E-state index contributed by atoms with van der Waals surface area (Å²) in [6, 6.07) is 0. The number of nitrogens with zero attached hydrogens (tertiary/aromatic N) is 5. The highest BCUT2D eigenvalue weighted by Crippen LogP contribution is 2.39. The number of amides is 1. The lowest BCUT2D eigenvalue weighted by molar-refractivity contribution is -0.130. The minimum atomic E-state index is 0.205. The summed E-state index contributed by atoms with van der Waals surface area (Å²) < 4.78 is 2.12. The van der Waals surface area contributed by atoms with Gasteiger partial charge in [-0.05, 0) is 50.0 Å². The van der Waals surface area contributed by atoms with Crippen LogP contribution in [0.5, 0.6) is 0 Å². The van der Waals surface area contributed by atoms with Crippen LogP contribution in [-0.4, -0.2) is 49.2 Å². The molecule has 0 spiro atoms. The molecular formula is C22H29N5OS2. The summed E-state index contributed by atoms with van der Waals surface area (Å²) in [5.41, 5.74) is 2.35. The van der Waals surface area contributed by atoms with Crippen LogP contribution in [0.1, 0.15) is 68.6 Å². The number of hydrogen-bond acceptors (Lipinski definition) is 6. The van der Waals surface area contributed by atoms with Crippen molar-refractivity contribution >= 4 is 44.9 Å². The molecule has 30 heavy (non-hydrogen) atoms. The molecule has 4 heterocycles. The Labute approximate surface area is 185 Å². The first-order chi connectivity index (χ1) is 14.5. The molecule has 0 bridgehead atoms. The fraction of sp³-hybridized carbons (Fsp3) is 0.636. The number of aryl methyl sites for hydroxylation is 2. The Morgan fingerprint density at radius 3 is 2.87 bits per heavy atom. The molecule has 3 aromatic heterocycles. The largest absolute Gasteiger partial charge is 0.342 e. The van der Waals surface area contributed by atoms with E-state index in [1.54, 1.807) is 0 Å². The van der Waals surface area contributed by atoms with Crippen molar-refractivity contribution in [1.29, 1.82) is 0 Å². The second kappa shape index (κ2) is 8.11. The van der Waals surface area contributed by atoms with Crippen molar-refractivity contribution in [1.82, 2.24) is 24.5 Å². The molecule has 0 radical (unpaired) electrons. The second-order valence-electron chi connectivity index (χ2n) is 9.03. The number of fused-ring (bicyclic) bond motifs is 5. The van der Waals surface area contributed by atoms with Crippen molar-refractivity contribution in [2.24, 2.45) is 5.92 Å². The van der Waals surface area contributed by atoms with Gasteiger partial charge in [-0.1, -0.05) is 32.5 Å². The Hall–Kier alpha value is -1.67. The first-order valence-corrected chi connectivity index (χ1v) is 12.9. The van der Waals surface area contributed by atoms with E-state index in [1.807, 2.05) is 16.2 Å². The van der Waals surface area contributed by atoms with Gasteiger partial charge in [0, 0.05) is 23.9 Å². The van der Waals surface area contributed by atoms with Crippen LogP contribution in [0, 0.1) is 5.92 Å². The molecular weight excluding hydrogens is 414 g/mol. The van der Waals surface area contributed by atoms with E-state index in [-0.39, 0.29) is 11.8 Å². The first kappa shape index (κ1) is 20.2. The number of carbonyl (C=O) groups is 1. The molecule has 1 aliphatic carbocycles. The van der Waals surface area contributed by atoms with Gasteiger partial charge in [-0.15, -0.1) is 21.5 Å². The van der Waals surface area contributed by atoms with Gasteiger partial charge in [0.1, 0.15) is 10.7 Å². The minimum absolute atomic E-state index is 0.205. The predicted molar refractivity (Wildman–Crippen MR) is 123 cm³/mol. The van der Waals surface area contributed by atoms with Crippen molar-refractivity contribution < 1.29 is 4.79 Å². The van der Waals surface area contributed by atoms with Crippen molar-refractivity contribution in [2.45, 2.75) is 70.4 Å². The molecule has 0 N–H and O–H groups in total. The highest BCUT2D eigenvalue weighted by Gasteiger charge is 2.26. The molecule has 160 valence electrons. The fourth-order valence-electron chi connectivity index (χ4n) is 4.77. The highest BCUT2D eigenvalue weighted by molar-refractivity contribution is 7.99. The average molecular weight is 444 g/mol. The number of piperidine rings is 1. The highest BCUT2D eigenvalue weighted by atomic mass is 32.2. The summed E-state index contributed by atoms with van der Waals surface area (Å²) in [6.45, 7) is 8.31. The third-order valence-electron chi connectivity index (χ3n) is 6.31. The Balaban J connectivity index is 1.50. The standard InChI is InChI=1S/C22H29N5OS2/c1-13(2)19-23-21-18(15-8-4-5-9-16(15)30-21)20-24-25-22(27(19)20)29-12-17(28)26-10-6-7-14(3)11-26/h13-14H,4-12H2,1-3H3/t14-/m1/s1. The van der Waals surface area contributed by atoms with Crippen LogP contribution >= 0.6 is 23.1 Å². The third kappa shape index (κ3) is 3.51. The molecule has 1 amide bonds. The lowest BCUT2D eigenvalue weighted by Crippen LogP contribution is -2.40. The molecule has 0 saturated carbocycles. The second-order valence-corrected chi connectivity index (χ2v) is 11.1. The zero-order valence-corrected chi connectivity index (χ0v) is 19.6. The maximum absolute atomic E-state index is 12.8. The molecule has 5 rings (SSSR count). The smallest absolute Gasteiger partial charge is 0.233 e. The molecule has 1 saturated heterocycles. The predicted octanol–water partition coefficient (Wildman–Crippen LogP) is 4.69. The van der Waals surface area contributed by atoms with Crippen LogP contribution in [0.3, 0.4) is 0 Å². The molecule has 1 fully saturated rings. The number of carbonyl (C=O) groups excluding carboxylic acids is 1. The molecule has 0 unspecified atom stereocenters. The average Bonchev–Trinajstić information content (AvgIpc) is 3.32. The van der Waals surface area contributed by atoms with Crippen molar-refractivity contribution in [3.05, 3.63) is 16.3 Å². The summed E-state index contributed by atoms with van der Waals surface area (Å²) in [6.07, 6.45) is 7.07. The maximum Gasteiger partial charge on any atom is 0.233 e. The zero-order chi connectivity index (χ0) is 20.8. The fourth-order valence-corrected chi connectivity index (χ4v) is 6.87. The Morgan fingerprint density at radius 1 is 1.23 bits per heavy atom. The van der Waals surface area contributed by atoms with E-state index in [9.17, 15) is 4.79 Å². The molecule has 6 nitrogen and oxygen atoms in total. The van der Waals surface area contributed by atoms with Crippen molar-refractivity contribution in [3.8, 4) is 0 Å². The normalized spacial score (nSPS) is 19.7. The SMILES string of the molecule is CC(C)c1nc2sc3c(c2c2nnc(SCC(=O)N4CCC[C@@H](C)C4)n12)CCCC3. The van der Waals surface area contributed by atoms with Gasteiger partial charge in [0.2, 0.25) is 5.91 Å². The van der Waals surface area contributed by atoms with E-state index in [1.165, 1.54) is 46.9 Å². The van der Waals surface area contributed by atoms with Gasteiger partial charge < -0.3 is 4.90 Å². The van der Waals surface area contributed by atoms with E-state index in [0.29, 0.717) is 11.7 Å². The number of aromatic nitrogens is 4. The molecule has 8 heteroatoms. The first-order valence-electron chi connectivity index (χ1n) is 11.1. The molecule has 1 atom stereocenters. The number of thioether (sulfide) groups is 1. The molecule has 0 aromatic carbocycles. The lowest BCUT2D eigenvalue weighted by atomic mass is 9.97. The van der Waals surface area contributed by atoms with Gasteiger partial charge in [-0.2, -0.15) is 0 Å². The van der Waals surface area contributed by atoms with Gasteiger partial charge in [0.05, 0.1) is 11.1 Å². The van der Waals surface area contributed by atoms with Crippen LogP contribution in [0.4, 0.5) is 0 Å². The molecule has 3 aromatic rings. The maximum atomic E-state index is 12.8. The summed E-state index contributed by atoms with van der Waals surface area (Å²) >= 11 is 3.33. The molecule has 2 aliphatic rings. The van der Waals surface area contributed by atoms with Crippen LogP contribution in [-0.2, 0) is 17.6 Å². The van der Waals surface area contributed by atoms with Crippen LogP contribution < -0.4 is 0 Å².